The molecule has 0 radical (unpaired) electrons. The van der Waals surface area contributed by atoms with Crippen LogP contribution < -0.4 is 18.9 Å². The first kappa shape index (κ1) is 25.0. The fourth-order valence-corrected chi connectivity index (χ4v) is 5.99. The average molecular weight is 540 g/mol. The quantitative estimate of drug-likeness (QED) is 0.438. The summed E-state index contributed by atoms with van der Waals surface area (Å²) in [7, 11) is -2.95. The van der Waals surface area contributed by atoms with Gasteiger partial charge in [-0.2, -0.15) is 0 Å². The number of hydrogen-bond donors (Lipinski definition) is 2. The van der Waals surface area contributed by atoms with Crippen molar-refractivity contribution in [2.24, 2.45) is 0 Å². The summed E-state index contributed by atoms with van der Waals surface area (Å²) in [5, 5.41) is 19.4. The minimum absolute atomic E-state index is 0.0112. The van der Waals surface area contributed by atoms with Crippen molar-refractivity contribution < 1.29 is 47.2 Å². The molecule has 0 fully saturated rings. The Morgan fingerprint density at radius 2 is 1.76 bits per heavy atom. The summed E-state index contributed by atoms with van der Waals surface area (Å²) in [5.74, 6) is -1.45. The summed E-state index contributed by atoms with van der Waals surface area (Å²) >= 11 is 0. The predicted octanol–water partition coefficient (Wildman–Crippen LogP) is 2.94. The van der Waals surface area contributed by atoms with Crippen molar-refractivity contribution >= 4 is 27.5 Å². The van der Waals surface area contributed by atoms with Gasteiger partial charge in [0.25, 0.3) is 10.0 Å². The zero-order valence-electron chi connectivity index (χ0n) is 19.9. The highest BCUT2D eigenvalue weighted by Gasteiger charge is 2.41. The van der Waals surface area contributed by atoms with E-state index in [2.05, 4.69) is 0 Å². The Kier molecular flexibility index (Phi) is 6.33. The Morgan fingerprint density at radius 1 is 1.00 bits per heavy atom. The molecule has 0 atom stereocenters. The highest BCUT2D eigenvalue weighted by Crippen LogP contribution is 2.44. The number of aliphatic carboxylic acids is 2. The van der Waals surface area contributed by atoms with Gasteiger partial charge in [-0.25, -0.2) is 18.0 Å². The third-order valence-corrected chi connectivity index (χ3v) is 7.82. The van der Waals surface area contributed by atoms with Gasteiger partial charge in [0, 0.05) is 22.8 Å². The third-order valence-electron chi connectivity index (χ3n) is 6.01. The average Bonchev–Trinajstić information content (AvgIpc) is 3.37. The van der Waals surface area contributed by atoms with Crippen molar-refractivity contribution in [1.82, 2.24) is 4.31 Å². The normalized spacial score (nSPS) is 15.1. The molecule has 0 bridgehead atoms. The van der Waals surface area contributed by atoms with Gasteiger partial charge in [-0.3, -0.25) is 4.31 Å². The Bertz CT molecular complexity index is 1600. The standard InChI is InChI=1S/C26H21NO10S/c1-34-17-8-6-16(20(11-17)35-13-23(28)29)12-27-25(26(30)31)24(15-7-9-19-21(10-15)37-14-36-19)18-4-2-3-5-22(18)38(27,32)33/h2-11H,12-14H2,1H3,(H,28,29)(H,30,31). The summed E-state index contributed by atoms with van der Waals surface area (Å²) in [6.45, 7) is -1.14. The van der Waals surface area contributed by atoms with Gasteiger partial charge in [-0.15, -0.1) is 0 Å². The van der Waals surface area contributed by atoms with Crippen molar-refractivity contribution in [3.63, 3.8) is 0 Å². The fourth-order valence-electron chi connectivity index (χ4n) is 4.33. The van der Waals surface area contributed by atoms with Crippen LogP contribution in [-0.2, 0) is 26.2 Å². The lowest BCUT2D eigenvalue weighted by Crippen LogP contribution is -2.38. The minimum atomic E-state index is -4.36. The van der Waals surface area contributed by atoms with E-state index in [-0.39, 0.29) is 34.1 Å². The van der Waals surface area contributed by atoms with Crippen LogP contribution in [0.25, 0.3) is 5.57 Å². The molecule has 0 unspecified atom stereocenters. The van der Waals surface area contributed by atoms with E-state index in [4.69, 9.17) is 24.1 Å². The zero-order chi connectivity index (χ0) is 27.0. The van der Waals surface area contributed by atoms with Gasteiger partial charge in [0.05, 0.1) is 18.6 Å². The lowest BCUT2D eigenvalue weighted by molar-refractivity contribution is -0.139. The smallest absolute Gasteiger partial charge is 0.353 e. The van der Waals surface area contributed by atoms with E-state index < -0.39 is 40.8 Å². The van der Waals surface area contributed by atoms with E-state index in [1.807, 2.05) is 0 Å². The predicted molar refractivity (Wildman–Crippen MR) is 132 cm³/mol. The van der Waals surface area contributed by atoms with Gasteiger partial charge in [0.2, 0.25) is 6.79 Å². The molecule has 0 aliphatic carbocycles. The van der Waals surface area contributed by atoms with Crippen molar-refractivity contribution in [3.05, 3.63) is 83.1 Å². The second-order valence-electron chi connectivity index (χ2n) is 8.26. The van der Waals surface area contributed by atoms with Crippen LogP contribution in [-0.4, -0.2) is 55.4 Å². The van der Waals surface area contributed by atoms with Crippen LogP contribution in [0.15, 0.2) is 71.3 Å². The molecular formula is C26H21NO10S. The van der Waals surface area contributed by atoms with Crippen molar-refractivity contribution in [2.75, 3.05) is 20.5 Å². The molecule has 12 heteroatoms. The van der Waals surface area contributed by atoms with Crippen LogP contribution in [0.5, 0.6) is 23.0 Å². The molecule has 0 saturated heterocycles. The number of methoxy groups -OCH3 is 1. The molecule has 2 N–H and O–H groups in total. The van der Waals surface area contributed by atoms with Gasteiger partial charge in [0.1, 0.15) is 17.2 Å². The first-order chi connectivity index (χ1) is 18.2. The molecule has 2 heterocycles. The number of sulfonamides is 1. The number of ether oxygens (including phenoxy) is 4. The SMILES string of the molecule is COc1ccc(CN2C(C(=O)O)=C(c3ccc4c(c3)OCO4)c3ccccc3S2(=O)=O)c(OCC(=O)O)c1. The maximum atomic E-state index is 13.8. The second-order valence-corrected chi connectivity index (χ2v) is 10.1. The van der Waals surface area contributed by atoms with Crippen LogP contribution in [0.4, 0.5) is 0 Å². The molecule has 5 rings (SSSR count). The van der Waals surface area contributed by atoms with Crippen molar-refractivity contribution in [3.8, 4) is 23.0 Å². The van der Waals surface area contributed by atoms with E-state index >= 15 is 0 Å². The largest absolute Gasteiger partial charge is 0.497 e. The van der Waals surface area contributed by atoms with E-state index in [0.717, 1.165) is 4.31 Å². The molecule has 3 aromatic carbocycles. The lowest BCUT2D eigenvalue weighted by atomic mass is 9.94. The number of benzene rings is 3. The Morgan fingerprint density at radius 3 is 2.50 bits per heavy atom. The number of nitrogens with zero attached hydrogens (tertiary/aromatic N) is 1. The highest BCUT2D eigenvalue weighted by molar-refractivity contribution is 7.89. The van der Waals surface area contributed by atoms with Gasteiger partial charge in [0.15, 0.2) is 18.1 Å². The van der Waals surface area contributed by atoms with Crippen LogP contribution in [0, 0.1) is 0 Å². The van der Waals surface area contributed by atoms with Gasteiger partial charge in [-0.05, 0) is 35.9 Å². The van der Waals surface area contributed by atoms with Crippen molar-refractivity contribution in [2.45, 2.75) is 11.4 Å². The number of rotatable bonds is 8. The molecule has 38 heavy (non-hydrogen) atoms. The summed E-state index contributed by atoms with van der Waals surface area (Å²) in [4.78, 5) is 23.8. The molecular weight excluding hydrogens is 518 g/mol. The number of carbonyl (C=O) groups is 2. The number of carboxylic acid groups (broad SMARTS) is 2. The molecule has 3 aromatic rings. The van der Waals surface area contributed by atoms with Crippen LogP contribution in [0.2, 0.25) is 0 Å². The molecule has 0 saturated carbocycles. The number of carboxylic acids is 2. The fraction of sp³-hybridized carbons (Fsp3) is 0.154. The molecule has 11 nitrogen and oxygen atoms in total. The Hall–Kier alpha value is -4.71. The lowest BCUT2D eigenvalue weighted by Gasteiger charge is -2.33. The van der Waals surface area contributed by atoms with E-state index in [1.165, 1.54) is 31.4 Å². The summed E-state index contributed by atoms with van der Waals surface area (Å²) in [6.07, 6.45) is 0. The Balaban J connectivity index is 1.71. The molecule has 0 amide bonds. The van der Waals surface area contributed by atoms with E-state index in [1.54, 1.807) is 36.4 Å². The first-order valence-electron chi connectivity index (χ1n) is 11.2. The number of hydrogen-bond acceptors (Lipinski definition) is 8. The Labute approximate surface area is 217 Å². The minimum Gasteiger partial charge on any atom is -0.497 e. The third kappa shape index (κ3) is 4.34. The summed E-state index contributed by atoms with van der Waals surface area (Å²) in [5.41, 5.74) is 0.553. The molecule has 0 spiro atoms. The summed E-state index contributed by atoms with van der Waals surface area (Å²) in [6, 6.07) is 15.4. The monoisotopic (exact) mass is 539 g/mol. The molecule has 2 aliphatic heterocycles. The molecule has 0 aromatic heterocycles. The summed E-state index contributed by atoms with van der Waals surface area (Å²) < 4.78 is 49.8. The van der Waals surface area contributed by atoms with Crippen molar-refractivity contribution in [1.29, 1.82) is 0 Å². The van der Waals surface area contributed by atoms with E-state index in [0.29, 0.717) is 22.8 Å². The first-order valence-corrected chi connectivity index (χ1v) is 12.7. The molecule has 2 aliphatic rings. The van der Waals surface area contributed by atoms with E-state index in [9.17, 15) is 23.1 Å². The number of fused-ring (bicyclic) bond motifs is 2. The second kappa shape index (κ2) is 9.63. The van der Waals surface area contributed by atoms with Crippen LogP contribution in [0.1, 0.15) is 16.7 Å². The highest BCUT2D eigenvalue weighted by atomic mass is 32.2. The maximum absolute atomic E-state index is 13.8. The van der Waals surface area contributed by atoms with Crippen LogP contribution >= 0.6 is 0 Å². The maximum Gasteiger partial charge on any atom is 0.353 e. The molecule has 196 valence electrons. The van der Waals surface area contributed by atoms with Gasteiger partial charge < -0.3 is 29.2 Å². The topological polar surface area (TPSA) is 149 Å². The van der Waals surface area contributed by atoms with Gasteiger partial charge >= 0.3 is 11.9 Å². The van der Waals surface area contributed by atoms with Crippen LogP contribution in [0.3, 0.4) is 0 Å². The zero-order valence-corrected chi connectivity index (χ0v) is 20.7. The van der Waals surface area contributed by atoms with Gasteiger partial charge in [-0.1, -0.05) is 24.3 Å².